The highest BCUT2D eigenvalue weighted by atomic mass is 32.2. The van der Waals surface area contributed by atoms with Crippen LogP contribution in [0.2, 0.25) is 0 Å². The Hall–Kier alpha value is -2.43. The molecule has 3 heterocycles. The van der Waals surface area contributed by atoms with Gasteiger partial charge < -0.3 is 9.15 Å². The molecule has 0 spiro atoms. The van der Waals surface area contributed by atoms with Crippen molar-refractivity contribution in [3.05, 3.63) is 48.2 Å². The number of piperidine rings is 1. The fourth-order valence-electron chi connectivity index (χ4n) is 4.64. The largest absolute Gasteiger partial charge is 0.445 e. The lowest BCUT2D eigenvalue weighted by Crippen LogP contribution is -2.50. The third kappa shape index (κ3) is 4.91. The highest BCUT2D eigenvalue weighted by Crippen LogP contribution is 2.42. The Morgan fingerprint density at radius 2 is 1.90 bits per heavy atom. The van der Waals surface area contributed by atoms with Gasteiger partial charge in [0.2, 0.25) is 0 Å². The lowest BCUT2D eigenvalue weighted by atomic mass is 9.87. The average molecular weight is 449 g/mol. The number of nitrogens with one attached hydrogen (secondary N) is 1. The van der Waals surface area contributed by atoms with Crippen LogP contribution in [0.4, 0.5) is 10.5 Å². The molecule has 2 aromatic rings. The molecule has 9 nitrogen and oxygen atoms in total. The molecule has 1 aromatic heterocycles. The van der Waals surface area contributed by atoms with E-state index < -0.39 is 16.3 Å². The number of hydrogen-bond donors (Lipinski definition) is 1. The maximum Gasteiger partial charge on any atom is 0.412 e. The predicted octanol–water partition coefficient (Wildman–Crippen LogP) is 3.02. The van der Waals surface area contributed by atoms with E-state index in [0.29, 0.717) is 17.4 Å². The number of ether oxygens (including phenoxy) is 1. The maximum absolute atomic E-state index is 12.6. The van der Waals surface area contributed by atoms with Crippen LogP contribution in [0, 0.1) is 5.92 Å². The molecule has 2 fully saturated rings. The molecule has 31 heavy (non-hydrogen) atoms. The molecule has 1 aromatic carbocycles. The van der Waals surface area contributed by atoms with Gasteiger partial charge in [-0.3, -0.25) is 5.32 Å². The Bertz CT molecular complexity index is 977. The third-order valence-corrected chi connectivity index (χ3v) is 8.10. The summed E-state index contributed by atoms with van der Waals surface area (Å²) < 4.78 is 38.5. The van der Waals surface area contributed by atoms with E-state index in [1.54, 1.807) is 18.4 Å². The number of hydrogen-bond acceptors (Lipinski definition) is 6. The number of fused-ring (bicyclic) bond motifs is 2. The Balaban J connectivity index is 1.29. The van der Waals surface area contributed by atoms with E-state index in [4.69, 9.17) is 9.15 Å². The molecule has 0 saturated carbocycles. The minimum Gasteiger partial charge on any atom is -0.445 e. The summed E-state index contributed by atoms with van der Waals surface area (Å²) in [5.41, 5.74) is 1.83. The van der Waals surface area contributed by atoms with Crippen LogP contribution in [0.15, 0.2) is 41.3 Å². The Morgan fingerprint density at radius 3 is 2.48 bits per heavy atom. The van der Waals surface area contributed by atoms with Crippen molar-refractivity contribution >= 4 is 22.0 Å². The van der Waals surface area contributed by atoms with Gasteiger partial charge in [-0.15, -0.1) is 0 Å². The first kappa shape index (κ1) is 21.8. The average Bonchev–Trinajstić information content (AvgIpc) is 3.34. The second kappa shape index (κ2) is 8.97. The van der Waals surface area contributed by atoms with E-state index in [2.05, 4.69) is 10.3 Å². The molecule has 10 heteroatoms. The summed E-state index contributed by atoms with van der Waals surface area (Å²) in [6.07, 6.45) is 6.77. The van der Waals surface area contributed by atoms with Gasteiger partial charge in [0, 0.05) is 31.9 Å². The second-order valence-electron chi connectivity index (χ2n) is 8.41. The Morgan fingerprint density at radius 1 is 1.23 bits per heavy atom. The van der Waals surface area contributed by atoms with Crippen molar-refractivity contribution in [2.45, 2.75) is 50.8 Å². The van der Waals surface area contributed by atoms with Crippen molar-refractivity contribution in [1.29, 1.82) is 0 Å². The van der Waals surface area contributed by atoms with Crippen molar-refractivity contribution < 1.29 is 22.4 Å². The van der Waals surface area contributed by atoms with Gasteiger partial charge in [0.1, 0.15) is 0 Å². The van der Waals surface area contributed by atoms with Crippen LogP contribution >= 0.6 is 0 Å². The molecule has 1 N–H and O–H groups in total. The summed E-state index contributed by atoms with van der Waals surface area (Å²) in [4.78, 5) is 15.7. The number of anilines is 1. The number of carbonyl (C=O) groups is 1. The van der Waals surface area contributed by atoms with Crippen molar-refractivity contribution in [2.24, 2.45) is 5.92 Å². The molecule has 2 aliphatic heterocycles. The number of benzene rings is 1. The number of carbonyl (C=O) groups excluding carboxylic acids is 1. The molecular weight excluding hydrogens is 420 g/mol. The molecule has 4 rings (SSSR count). The van der Waals surface area contributed by atoms with Crippen LogP contribution in [0.1, 0.15) is 37.0 Å². The Labute approximate surface area is 182 Å². The van der Waals surface area contributed by atoms with Crippen LogP contribution in [0.3, 0.4) is 0 Å². The van der Waals surface area contributed by atoms with E-state index in [1.807, 2.05) is 24.3 Å². The molecule has 2 bridgehead atoms. The molecule has 2 saturated heterocycles. The van der Waals surface area contributed by atoms with E-state index in [1.165, 1.54) is 22.5 Å². The van der Waals surface area contributed by atoms with Gasteiger partial charge in [0.25, 0.3) is 10.2 Å². The quantitative estimate of drug-likeness (QED) is 0.698. The van der Waals surface area contributed by atoms with Crippen molar-refractivity contribution in [1.82, 2.24) is 13.6 Å². The lowest BCUT2D eigenvalue weighted by molar-refractivity contribution is 0.146. The first-order chi connectivity index (χ1) is 14.8. The van der Waals surface area contributed by atoms with Crippen molar-refractivity contribution in [3.63, 3.8) is 0 Å². The molecule has 1 amide bonds. The standard InChI is InChI=1S/C21H28N4O5S/c1-24(2)31(27,28)25-18-7-8-19(25)11-16(10-18)9-15-3-5-17(6-4-15)23-21(26)29-13-20-12-22-14-30-20/h3-6,12,14,16,18-19H,7-11,13H2,1-2H3,(H,23,26). The summed E-state index contributed by atoms with van der Waals surface area (Å²) in [7, 11) is -0.168. The molecule has 2 unspecified atom stereocenters. The summed E-state index contributed by atoms with van der Waals surface area (Å²) in [5, 5.41) is 2.69. The highest BCUT2D eigenvalue weighted by Gasteiger charge is 2.47. The fraction of sp³-hybridized carbons (Fsp3) is 0.524. The minimum atomic E-state index is -3.36. The molecule has 2 atom stereocenters. The summed E-state index contributed by atoms with van der Waals surface area (Å²) >= 11 is 0. The van der Waals surface area contributed by atoms with Gasteiger partial charge in [0.15, 0.2) is 18.8 Å². The smallest absolute Gasteiger partial charge is 0.412 e. The van der Waals surface area contributed by atoms with Gasteiger partial charge in [0.05, 0.1) is 6.20 Å². The van der Waals surface area contributed by atoms with Gasteiger partial charge in [-0.25, -0.2) is 9.78 Å². The molecular formula is C21H28N4O5S. The van der Waals surface area contributed by atoms with Crippen LogP contribution in [-0.2, 0) is 28.0 Å². The molecule has 2 aliphatic rings. The number of amides is 1. The Kier molecular flexibility index (Phi) is 6.31. The molecule has 0 aliphatic carbocycles. The topological polar surface area (TPSA) is 105 Å². The molecule has 0 radical (unpaired) electrons. The third-order valence-electron chi connectivity index (χ3n) is 6.05. The van der Waals surface area contributed by atoms with E-state index >= 15 is 0 Å². The van der Waals surface area contributed by atoms with Gasteiger partial charge in [-0.1, -0.05) is 12.1 Å². The van der Waals surface area contributed by atoms with Gasteiger partial charge >= 0.3 is 6.09 Å². The van der Waals surface area contributed by atoms with Gasteiger partial charge in [-0.05, 0) is 55.7 Å². The highest BCUT2D eigenvalue weighted by molar-refractivity contribution is 7.86. The number of oxazole rings is 1. The molecule has 168 valence electrons. The zero-order valence-electron chi connectivity index (χ0n) is 17.7. The summed E-state index contributed by atoms with van der Waals surface area (Å²) in [6, 6.07) is 7.89. The zero-order valence-corrected chi connectivity index (χ0v) is 18.5. The second-order valence-corrected chi connectivity index (χ2v) is 10.5. The summed E-state index contributed by atoms with van der Waals surface area (Å²) in [5.74, 6) is 0.931. The van der Waals surface area contributed by atoms with Crippen LogP contribution in [0.5, 0.6) is 0 Å². The lowest BCUT2D eigenvalue weighted by Gasteiger charge is -2.39. The van der Waals surface area contributed by atoms with E-state index in [0.717, 1.165) is 32.1 Å². The monoisotopic (exact) mass is 448 g/mol. The normalized spacial score (nSPS) is 23.8. The van der Waals surface area contributed by atoms with Crippen LogP contribution in [0.25, 0.3) is 0 Å². The summed E-state index contributed by atoms with van der Waals surface area (Å²) in [6.45, 7) is 0.0223. The first-order valence-electron chi connectivity index (χ1n) is 10.4. The number of rotatable bonds is 7. The van der Waals surface area contributed by atoms with Gasteiger partial charge in [-0.2, -0.15) is 17.0 Å². The number of aromatic nitrogens is 1. The maximum atomic E-state index is 12.6. The van der Waals surface area contributed by atoms with E-state index in [-0.39, 0.29) is 18.7 Å². The van der Waals surface area contributed by atoms with Crippen molar-refractivity contribution in [3.8, 4) is 0 Å². The predicted molar refractivity (Wildman–Crippen MR) is 114 cm³/mol. The number of nitrogens with zero attached hydrogens (tertiary/aromatic N) is 3. The van der Waals surface area contributed by atoms with Crippen molar-refractivity contribution in [2.75, 3.05) is 19.4 Å². The fourth-order valence-corrected chi connectivity index (χ4v) is 6.15. The zero-order chi connectivity index (χ0) is 22.0. The first-order valence-corrected chi connectivity index (χ1v) is 11.8. The van der Waals surface area contributed by atoms with Crippen LogP contribution in [-0.4, -0.2) is 54.3 Å². The minimum absolute atomic E-state index is 0.0223. The SMILES string of the molecule is CN(C)S(=O)(=O)N1C2CCC1CC(Cc1ccc(NC(=O)OCc3cnco3)cc1)C2. The van der Waals surface area contributed by atoms with E-state index in [9.17, 15) is 13.2 Å². The van der Waals surface area contributed by atoms with Crippen LogP contribution < -0.4 is 5.32 Å².